The van der Waals surface area contributed by atoms with Gasteiger partial charge in [0.2, 0.25) is 10.0 Å². The molecule has 0 spiro atoms. The number of sulfone groups is 1. The van der Waals surface area contributed by atoms with Gasteiger partial charge in [-0.3, -0.25) is 4.72 Å². The first-order valence-electron chi connectivity index (χ1n) is 4.73. The molecule has 1 N–H and O–H groups in total. The van der Waals surface area contributed by atoms with Crippen molar-refractivity contribution in [2.45, 2.75) is 4.90 Å². The van der Waals surface area contributed by atoms with E-state index in [0.29, 0.717) is 10.2 Å². The Labute approximate surface area is 109 Å². The number of nitrogens with zero attached hydrogens (tertiary/aromatic N) is 1. The highest BCUT2D eigenvalue weighted by Gasteiger charge is 2.12. The van der Waals surface area contributed by atoms with E-state index in [4.69, 9.17) is 0 Å². The zero-order valence-corrected chi connectivity index (χ0v) is 12.0. The lowest BCUT2D eigenvalue weighted by Crippen LogP contribution is -2.08. The van der Waals surface area contributed by atoms with Crippen LogP contribution in [0.3, 0.4) is 0 Å². The van der Waals surface area contributed by atoms with Gasteiger partial charge < -0.3 is 0 Å². The quantitative estimate of drug-likeness (QED) is 0.915. The first-order chi connectivity index (χ1) is 8.15. The second-order valence-electron chi connectivity index (χ2n) is 3.79. The standard InChI is InChI=1S/C9H10N2O4S3/c1-17(12,13)6-3-4-7-8(5-6)16-9(10-7)11-18(2,14)15/h3-5H,1-2H3,(H,10,11). The van der Waals surface area contributed by atoms with Gasteiger partial charge in [-0.05, 0) is 18.2 Å². The summed E-state index contributed by atoms with van der Waals surface area (Å²) in [5.41, 5.74) is 0.554. The third kappa shape index (κ3) is 2.98. The fourth-order valence-corrected chi connectivity index (χ4v) is 3.80. The molecular formula is C9H10N2O4S3. The highest BCUT2D eigenvalue weighted by molar-refractivity contribution is 7.92. The number of anilines is 1. The monoisotopic (exact) mass is 306 g/mol. The van der Waals surface area contributed by atoms with Gasteiger partial charge in [0.15, 0.2) is 15.0 Å². The zero-order chi connectivity index (χ0) is 13.6. The number of benzene rings is 1. The third-order valence-electron chi connectivity index (χ3n) is 2.06. The van der Waals surface area contributed by atoms with Crippen molar-refractivity contribution in [3.05, 3.63) is 18.2 Å². The maximum absolute atomic E-state index is 11.4. The minimum Gasteiger partial charge on any atom is -0.259 e. The number of sulfonamides is 1. The fourth-order valence-electron chi connectivity index (χ4n) is 1.34. The normalized spacial score (nSPS) is 12.8. The molecule has 0 bridgehead atoms. The van der Waals surface area contributed by atoms with Crippen molar-refractivity contribution in [2.75, 3.05) is 17.2 Å². The van der Waals surface area contributed by atoms with E-state index in [-0.39, 0.29) is 10.0 Å². The number of hydrogen-bond acceptors (Lipinski definition) is 6. The summed E-state index contributed by atoms with van der Waals surface area (Å²) in [6, 6.07) is 4.48. The highest BCUT2D eigenvalue weighted by atomic mass is 32.2. The van der Waals surface area contributed by atoms with Crippen LogP contribution in [0.25, 0.3) is 10.2 Å². The molecule has 1 aromatic carbocycles. The summed E-state index contributed by atoms with van der Waals surface area (Å²) in [4.78, 5) is 4.24. The molecule has 0 unspecified atom stereocenters. The van der Waals surface area contributed by atoms with Crippen molar-refractivity contribution in [1.82, 2.24) is 4.98 Å². The Bertz CT molecular complexity index is 805. The lowest BCUT2D eigenvalue weighted by molar-refractivity contribution is 0.601. The Morgan fingerprint density at radius 2 is 1.83 bits per heavy atom. The number of hydrogen-bond donors (Lipinski definition) is 1. The molecule has 0 saturated carbocycles. The average Bonchev–Trinajstić information content (AvgIpc) is 2.53. The summed E-state index contributed by atoms with van der Waals surface area (Å²) in [6.45, 7) is 0. The van der Waals surface area contributed by atoms with E-state index < -0.39 is 19.9 Å². The predicted molar refractivity (Wildman–Crippen MR) is 71.2 cm³/mol. The molecule has 2 rings (SSSR count). The van der Waals surface area contributed by atoms with Gasteiger partial charge in [0, 0.05) is 6.26 Å². The summed E-state index contributed by atoms with van der Waals surface area (Å²) < 4.78 is 47.8. The first kappa shape index (κ1) is 13.2. The molecule has 0 atom stereocenters. The molecule has 9 heteroatoms. The van der Waals surface area contributed by atoms with Gasteiger partial charge in [0.1, 0.15) is 0 Å². The molecule has 1 aromatic heterocycles. The Morgan fingerprint density at radius 3 is 2.39 bits per heavy atom. The molecule has 98 valence electrons. The van der Waals surface area contributed by atoms with Crippen LogP contribution in [0.15, 0.2) is 23.1 Å². The van der Waals surface area contributed by atoms with Crippen LogP contribution < -0.4 is 4.72 Å². The van der Waals surface area contributed by atoms with E-state index in [1.165, 1.54) is 12.1 Å². The molecule has 0 saturated heterocycles. The van der Waals surface area contributed by atoms with Crippen LogP contribution in [-0.2, 0) is 19.9 Å². The van der Waals surface area contributed by atoms with E-state index in [1.807, 2.05) is 0 Å². The van der Waals surface area contributed by atoms with Gasteiger partial charge in [-0.15, -0.1) is 0 Å². The topological polar surface area (TPSA) is 93.2 Å². The van der Waals surface area contributed by atoms with Crippen molar-refractivity contribution >= 4 is 46.5 Å². The molecule has 1 heterocycles. The summed E-state index contributed by atoms with van der Waals surface area (Å²) in [5, 5.41) is 0.221. The van der Waals surface area contributed by atoms with Crippen LogP contribution in [0.2, 0.25) is 0 Å². The summed E-state index contributed by atoms with van der Waals surface area (Å²) in [6.07, 6.45) is 2.14. The number of thiazole rings is 1. The summed E-state index contributed by atoms with van der Waals surface area (Å²) >= 11 is 1.09. The Morgan fingerprint density at radius 1 is 1.17 bits per heavy atom. The number of rotatable bonds is 3. The lowest BCUT2D eigenvalue weighted by atomic mass is 10.3. The maximum atomic E-state index is 11.4. The zero-order valence-electron chi connectivity index (χ0n) is 9.54. The van der Waals surface area contributed by atoms with Crippen LogP contribution in [-0.4, -0.2) is 34.3 Å². The van der Waals surface area contributed by atoms with Gasteiger partial charge in [-0.25, -0.2) is 21.8 Å². The van der Waals surface area contributed by atoms with Crippen molar-refractivity contribution in [1.29, 1.82) is 0 Å². The molecule has 6 nitrogen and oxygen atoms in total. The van der Waals surface area contributed by atoms with Crippen molar-refractivity contribution < 1.29 is 16.8 Å². The maximum Gasteiger partial charge on any atom is 0.231 e. The Kier molecular flexibility index (Phi) is 3.07. The van der Waals surface area contributed by atoms with Gasteiger partial charge in [-0.1, -0.05) is 11.3 Å². The molecule has 18 heavy (non-hydrogen) atoms. The highest BCUT2D eigenvalue weighted by Crippen LogP contribution is 2.28. The molecule has 0 fully saturated rings. The Hall–Kier alpha value is -1.19. The second kappa shape index (κ2) is 4.18. The largest absolute Gasteiger partial charge is 0.259 e. The van der Waals surface area contributed by atoms with Gasteiger partial charge >= 0.3 is 0 Å². The molecule has 2 aromatic rings. The van der Waals surface area contributed by atoms with E-state index in [9.17, 15) is 16.8 Å². The molecule has 0 radical (unpaired) electrons. The smallest absolute Gasteiger partial charge is 0.231 e. The lowest BCUT2D eigenvalue weighted by Gasteiger charge is -1.96. The minimum atomic E-state index is -3.38. The predicted octanol–water partition coefficient (Wildman–Crippen LogP) is 1.07. The van der Waals surface area contributed by atoms with E-state index >= 15 is 0 Å². The number of nitrogens with one attached hydrogen (secondary N) is 1. The van der Waals surface area contributed by atoms with Crippen LogP contribution in [0, 0.1) is 0 Å². The summed E-state index contributed by atoms with van der Waals surface area (Å²) in [5.74, 6) is 0. The molecule has 0 aliphatic heterocycles. The first-order valence-corrected chi connectivity index (χ1v) is 9.33. The van der Waals surface area contributed by atoms with E-state index in [1.54, 1.807) is 6.07 Å². The van der Waals surface area contributed by atoms with Crippen molar-refractivity contribution in [3.63, 3.8) is 0 Å². The average molecular weight is 306 g/mol. The third-order valence-corrected chi connectivity index (χ3v) is 4.80. The number of fused-ring (bicyclic) bond motifs is 1. The second-order valence-corrected chi connectivity index (χ2v) is 8.59. The number of aromatic nitrogens is 1. The molecule has 0 aliphatic carbocycles. The fraction of sp³-hybridized carbons (Fsp3) is 0.222. The van der Waals surface area contributed by atoms with Crippen LogP contribution in [0.1, 0.15) is 0 Å². The van der Waals surface area contributed by atoms with Crippen molar-refractivity contribution in [2.24, 2.45) is 0 Å². The van der Waals surface area contributed by atoms with Gasteiger partial charge in [0.25, 0.3) is 0 Å². The Balaban J connectivity index is 2.53. The minimum absolute atomic E-state index is 0.185. The van der Waals surface area contributed by atoms with Crippen molar-refractivity contribution in [3.8, 4) is 0 Å². The van der Waals surface area contributed by atoms with Crippen LogP contribution in [0.5, 0.6) is 0 Å². The van der Waals surface area contributed by atoms with E-state index in [0.717, 1.165) is 23.8 Å². The summed E-state index contributed by atoms with van der Waals surface area (Å²) in [7, 11) is -6.66. The molecule has 0 amide bonds. The SMILES string of the molecule is CS(=O)(=O)Nc1nc2ccc(S(C)(=O)=O)cc2s1. The molecular weight excluding hydrogens is 296 g/mol. The van der Waals surface area contributed by atoms with Crippen LogP contribution in [0.4, 0.5) is 5.13 Å². The van der Waals surface area contributed by atoms with E-state index in [2.05, 4.69) is 9.71 Å². The van der Waals surface area contributed by atoms with Gasteiger partial charge in [-0.2, -0.15) is 0 Å². The van der Waals surface area contributed by atoms with Gasteiger partial charge in [0.05, 0.1) is 21.4 Å². The van der Waals surface area contributed by atoms with Crippen LogP contribution >= 0.6 is 11.3 Å². The molecule has 0 aliphatic rings.